The Morgan fingerprint density at radius 2 is 1.38 bits per heavy atom. The fourth-order valence-electron chi connectivity index (χ4n) is 4.36. The molecule has 0 spiro atoms. The summed E-state index contributed by atoms with van der Waals surface area (Å²) < 4.78 is 0. The van der Waals surface area contributed by atoms with Crippen molar-refractivity contribution in [3.05, 3.63) is 0 Å². The van der Waals surface area contributed by atoms with Gasteiger partial charge in [-0.05, 0) is 76.5 Å². The highest BCUT2D eigenvalue weighted by Crippen LogP contribution is 2.53. The summed E-state index contributed by atoms with van der Waals surface area (Å²) in [7, 11) is 0. The van der Waals surface area contributed by atoms with Crippen LogP contribution in [-0.2, 0) is 4.84 Å². The van der Waals surface area contributed by atoms with E-state index in [0.29, 0.717) is 6.04 Å². The summed E-state index contributed by atoms with van der Waals surface area (Å²) in [4.78, 5) is 5.81. The van der Waals surface area contributed by atoms with Gasteiger partial charge in [0.05, 0.1) is 5.60 Å². The van der Waals surface area contributed by atoms with E-state index in [4.69, 9.17) is 4.84 Å². The van der Waals surface area contributed by atoms with Crippen molar-refractivity contribution in [2.75, 3.05) is 0 Å². The lowest BCUT2D eigenvalue weighted by Gasteiger charge is -2.54. The number of hydrogen-bond donors (Lipinski definition) is 1. The summed E-state index contributed by atoms with van der Waals surface area (Å²) in [6.07, 6.45) is 7.35. The minimum absolute atomic E-state index is 0.0608. The van der Waals surface area contributed by atoms with E-state index in [9.17, 15) is 0 Å². The van der Waals surface area contributed by atoms with Crippen LogP contribution < -0.4 is 5.48 Å². The molecule has 4 aliphatic rings. The maximum absolute atomic E-state index is 5.81. The van der Waals surface area contributed by atoms with Gasteiger partial charge in [0.25, 0.3) is 0 Å². The number of hydrogen-bond acceptors (Lipinski definition) is 2. The van der Waals surface area contributed by atoms with Gasteiger partial charge in [0.2, 0.25) is 0 Å². The molecule has 16 heavy (non-hydrogen) atoms. The first kappa shape index (κ1) is 11.0. The van der Waals surface area contributed by atoms with Gasteiger partial charge in [0, 0.05) is 6.04 Å². The largest absolute Gasteiger partial charge is 0.296 e. The van der Waals surface area contributed by atoms with Crippen molar-refractivity contribution in [2.24, 2.45) is 23.7 Å². The predicted molar refractivity (Wildman–Crippen MR) is 64.8 cm³/mol. The van der Waals surface area contributed by atoms with E-state index >= 15 is 0 Å². The molecule has 0 aromatic rings. The van der Waals surface area contributed by atoms with Gasteiger partial charge in [-0.1, -0.05) is 0 Å². The molecule has 4 saturated carbocycles. The first-order chi connectivity index (χ1) is 7.51. The minimum Gasteiger partial charge on any atom is -0.296 e. The predicted octanol–water partition coefficient (Wildman–Crippen LogP) is 3.13. The highest BCUT2D eigenvalue weighted by molar-refractivity contribution is 5.00. The Balaban J connectivity index is 1.64. The van der Waals surface area contributed by atoms with Crippen LogP contribution in [0.2, 0.25) is 0 Å². The average Bonchev–Trinajstić information content (AvgIpc) is 2.13. The summed E-state index contributed by atoms with van der Waals surface area (Å²) >= 11 is 0. The molecule has 0 aliphatic heterocycles. The molecule has 4 bridgehead atoms. The van der Waals surface area contributed by atoms with Crippen LogP contribution in [0.25, 0.3) is 0 Å². The lowest BCUT2D eigenvalue weighted by molar-refractivity contribution is -0.138. The third kappa shape index (κ3) is 2.02. The maximum atomic E-state index is 5.81. The minimum atomic E-state index is -0.0608. The molecule has 4 rings (SSSR count). The average molecular weight is 223 g/mol. The molecule has 2 nitrogen and oxygen atoms in total. The van der Waals surface area contributed by atoms with E-state index in [1.165, 1.54) is 32.1 Å². The highest BCUT2D eigenvalue weighted by Gasteiger charge is 2.48. The van der Waals surface area contributed by atoms with Gasteiger partial charge in [-0.15, -0.1) is 0 Å². The second-order valence-corrected chi connectivity index (χ2v) is 7.29. The van der Waals surface area contributed by atoms with Crippen LogP contribution in [0, 0.1) is 23.7 Å². The van der Waals surface area contributed by atoms with Crippen molar-refractivity contribution in [3.63, 3.8) is 0 Å². The third-order valence-electron chi connectivity index (χ3n) is 4.73. The van der Waals surface area contributed by atoms with Gasteiger partial charge in [-0.3, -0.25) is 4.84 Å². The fraction of sp³-hybridized carbons (Fsp3) is 1.00. The van der Waals surface area contributed by atoms with Crippen LogP contribution in [-0.4, -0.2) is 11.6 Å². The summed E-state index contributed by atoms with van der Waals surface area (Å²) in [5.74, 6) is 3.91. The van der Waals surface area contributed by atoms with Gasteiger partial charge < -0.3 is 0 Å². The Kier molecular flexibility index (Phi) is 2.56. The molecule has 1 N–H and O–H groups in total. The number of rotatable bonds is 2. The standard InChI is InChI=1S/C14H25NO/c1-14(2,3)16-15-13-11-5-9-4-10(7-11)8-12(13)6-9/h9-13,15H,4-8H2,1-3H3. The van der Waals surface area contributed by atoms with Crippen molar-refractivity contribution >= 4 is 0 Å². The fourth-order valence-corrected chi connectivity index (χ4v) is 4.36. The van der Waals surface area contributed by atoms with Gasteiger partial charge in [0.15, 0.2) is 0 Å². The van der Waals surface area contributed by atoms with Gasteiger partial charge >= 0.3 is 0 Å². The summed E-state index contributed by atoms with van der Waals surface area (Å²) in [6, 6.07) is 0.645. The molecule has 4 aliphatic carbocycles. The van der Waals surface area contributed by atoms with Crippen LogP contribution in [0.4, 0.5) is 0 Å². The zero-order chi connectivity index (χ0) is 11.3. The zero-order valence-corrected chi connectivity index (χ0v) is 10.8. The van der Waals surface area contributed by atoms with E-state index in [-0.39, 0.29) is 5.60 Å². The van der Waals surface area contributed by atoms with Gasteiger partial charge in [-0.2, -0.15) is 5.48 Å². The zero-order valence-electron chi connectivity index (χ0n) is 10.8. The molecular formula is C14H25NO. The summed E-state index contributed by atoms with van der Waals surface area (Å²) in [5, 5.41) is 0. The van der Waals surface area contributed by atoms with E-state index in [1.54, 1.807) is 0 Å². The molecule has 4 fully saturated rings. The Morgan fingerprint density at radius 3 is 1.81 bits per heavy atom. The molecule has 0 saturated heterocycles. The van der Waals surface area contributed by atoms with E-state index < -0.39 is 0 Å². The Bertz CT molecular complexity index is 240. The molecule has 92 valence electrons. The molecule has 0 aromatic heterocycles. The summed E-state index contributed by atoms with van der Waals surface area (Å²) in [6.45, 7) is 6.36. The Hall–Kier alpha value is -0.0800. The van der Waals surface area contributed by atoms with Crippen molar-refractivity contribution in [1.29, 1.82) is 0 Å². The molecule has 0 atom stereocenters. The smallest absolute Gasteiger partial charge is 0.0813 e. The second-order valence-electron chi connectivity index (χ2n) is 7.29. The topological polar surface area (TPSA) is 21.3 Å². The monoisotopic (exact) mass is 223 g/mol. The van der Waals surface area contributed by atoms with Crippen molar-refractivity contribution in [1.82, 2.24) is 5.48 Å². The molecule has 0 heterocycles. The molecule has 0 unspecified atom stereocenters. The number of nitrogens with one attached hydrogen (secondary N) is 1. The molecule has 0 amide bonds. The molecule has 0 aromatic carbocycles. The van der Waals surface area contributed by atoms with Crippen molar-refractivity contribution in [3.8, 4) is 0 Å². The Labute approximate surface area is 99.1 Å². The molecule has 2 heteroatoms. The second kappa shape index (κ2) is 3.71. The van der Waals surface area contributed by atoms with Crippen LogP contribution in [0.3, 0.4) is 0 Å². The van der Waals surface area contributed by atoms with Crippen molar-refractivity contribution < 1.29 is 4.84 Å². The van der Waals surface area contributed by atoms with Crippen LogP contribution in [0.1, 0.15) is 52.9 Å². The summed E-state index contributed by atoms with van der Waals surface area (Å²) in [5.41, 5.74) is 3.34. The van der Waals surface area contributed by atoms with Crippen LogP contribution in [0.15, 0.2) is 0 Å². The van der Waals surface area contributed by atoms with Crippen molar-refractivity contribution in [2.45, 2.75) is 64.5 Å². The molecular weight excluding hydrogens is 198 g/mol. The first-order valence-electron chi connectivity index (χ1n) is 6.95. The van der Waals surface area contributed by atoms with Crippen LogP contribution >= 0.6 is 0 Å². The normalized spacial score (nSPS) is 46.3. The molecule has 0 radical (unpaired) electrons. The third-order valence-corrected chi connectivity index (χ3v) is 4.73. The highest BCUT2D eigenvalue weighted by atomic mass is 16.7. The number of hydroxylamine groups is 1. The SMILES string of the molecule is CC(C)(C)ONC1C2CC3CC(C2)CC1C3. The van der Waals surface area contributed by atoms with E-state index in [1.807, 2.05) is 0 Å². The van der Waals surface area contributed by atoms with E-state index in [0.717, 1.165) is 23.7 Å². The first-order valence-corrected chi connectivity index (χ1v) is 6.95. The van der Waals surface area contributed by atoms with Gasteiger partial charge in [0.1, 0.15) is 0 Å². The lowest BCUT2D eigenvalue weighted by atomic mass is 9.54. The maximum Gasteiger partial charge on any atom is 0.0813 e. The lowest BCUT2D eigenvalue weighted by Crippen LogP contribution is -2.55. The van der Waals surface area contributed by atoms with Gasteiger partial charge in [-0.25, -0.2) is 0 Å². The quantitative estimate of drug-likeness (QED) is 0.726. The van der Waals surface area contributed by atoms with E-state index in [2.05, 4.69) is 26.3 Å². The van der Waals surface area contributed by atoms with Crippen LogP contribution in [0.5, 0.6) is 0 Å². The Morgan fingerprint density at radius 1 is 0.875 bits per heavy atom.